The predicted octanol–water partition coefficient (Wildman–Crippen LogP) is 0.598. The quantitative estimate of drug-likeness (QED) is 0.751. The topological polar surface area (TPSA) is 112 Å². The highest BCUT2D eigenvalue weighted by Crippen LogP contribution is 2.15. The summed E-state index contributed by atoms with van der Waals surface area (Å²) in [6.07, 6.45) is -1.42. The van der Waals surface area contributed by atoms with Gasteiger partial charge in [-0.25, -0.2) is 4.79 Å². The molecule has 2 amide bonds. The van der Waals surface area contributed by atoms with E-state index >= 15 is 0 Å². The number of nitrogens with zero attached hydrogens (tertiary/aromatic N) is 1. The maximum Gasteiger partial charge on any atom is 0.334 e. The SMILES string of the molecule is C[C@@H]1CN(C(=O)CNC(=O)c2cc3ccccc3[nH]2)CC(C(=O)O)O1. The van der Waals surface area contributed by atoms with Crippen molar-refractivity contribution in [2.75, 3.05) is 19.6 Å². The zero-order valence-electron chi connectivity index (χ0n) is 13.7. The van der Waals surface area contributed by atoms with E-state index in [2.05, 4.69) is 10.3 Å². The summed E-state index contributed by atoms with van der Waals surface area (Å²) in [4.78, 5) is 39.9. The van der Waals surface area contributed by atoms with Gasteiger partial charge in [-0.05, 0) is 19.1 Å². The summed E-state index contributed by atoms with van der Waals surface area (Å²) >= 11 is 0. The number of carbonyl (C=O) groups is 3. The second-order valence-corrected chi connectivity index (χ2v) is 6.03. The summed E-state index contributed by atoms with van der Waals surface area (Å²) in [5.41, 5.74) is 1.21. The minimum absolute atomic E-state index is 0.0270. The molecule has 0 bridgehead atoms. The van der Waals surface area contributed by atoms with Crippen LogP contribution in [-0.2, 0) is 14.3 Å². The molecule has 8 nitrogen and oxygen atoms in total. The van der Waals surface area contributed by atoms with Crippen molar-refractivity contribution in [2.24, 2.45) is 0 Å². The fourth-order valence-electron chi connectivity index (χ4n) is 2.85. The number of benzene rings is 1. The molecule has 2 aromatic rings. The number of H-pyrrole nitrogens is 1. The van der Waals surface area contributed by atoms with Crippen LogP contribution < -0.4 is 5.32 Å². The van der Waals surface area contributed by atoms with Gasteiger partial charge in [0.2, 0.25) is 5.91 Å². The number of hydrogen-bond donors (Lipinski definition) is 3. The smallest absolute Gasteiger partial charge is 0.334 e. The van der Waals surface area contributed by atoms with Crippen LogP contribution in [0.1, 0.15) is 17.4 Å². The van der Waals surface area contributed by atoms with Crippen molar-refractivity contribution in [2.45, 2.75) is 19.1 Å². The Labute approximate surface area is 143 Å². The largest absolute Gasteiger partial charge is 0.479 e. The molecular weight excluding hydrogens is 326 g/mol. The third-order valence-electron chi connectivity index (χ3n) is 4.06. The molecule has 0 aliphatic carbocycles. The summed E-state index contributed by atoms with van der Waals surface area (Å²) in [6.45, 7) is 1.78. The molecule has 1 aromatic carbocycles. The monoisotopic (exact) mass is 345 g/mol. The van der Waals surface area contributed by atoms with Crippen molar-refractivity contribution in [3.63, 3.8) is 0 Å². The number of hydrogen-bond acceptors (Lipinski definition) is 4. The van der Waals surface area contributed by atoms with Crippen molar-refractivity contribution in [1.82, 2.24) is 15.2 Å². The number of ether oxygens (including phenoxy) is 1. The first kappa shape index (κ1) is 17.0. The Morgan fingerprint density at radius 2 is 2.08 bits per heavy atom. The number of carboxylic acids is 1. The first-order valence-electron chi connectivity index (χ1n) is 7.96. The molecule has 1 aliphatic rings. The fourth-order valence-corrected chi connectivity index (χ4v) is 2.85. The van der Waals surface area contributed by atoms with E-state index < -0.39 is 12.1 Å². The van der Waals surface area contributed by atoms with E-state index in [1.807, 2.05) is 24.3 Å². The maximum absolute atomic E-state index is 12.3. The van der Waals surface area contributed by atoms with Gasteiger partial charge in [-0.1, -0.05) is 18.2 Å². The van der Waals surface area contributed by atoms with E-state index in [1.165, 1.54) is 4.90 Å². The highest BCUT2D eigenvalue weighted by atomic mass is 16.5. The number of morpholine rings is 1. The molecule has 0 saturated carbocycles. The van der Waals surface area contributed by atoms with Crippen LogP contribution in [0, 0.1) is 0 Å². The van der Waals surface area contributed by atoms with E-state index in [1.54, 1.807) is 13.0 Å². The first-order valence-corrected chi connectivity index (χ1v) is 7.96. The Kier molecular flexibility index (Phi) is 4.71. The summed E-state index contributed by atoms with van der Waals surface area (Å²) in [6, 6.07) is 9.20. The highest BCUT2D eigenvalue weighted by molar-refractivity contribution is 5.99. The average molecular weight is 345 g/mol. The minimum Gasteiger partial charge on any atom is -0.479 e. The molecule has 1 unspecified atom stereocenters. The molecule has 1 aliphatic heterocycles. The summed E-state index contributed by atoms with van der Waals surface area (Å²) in [7, 11) is 0. The Hall–Kier alpha value is -2.87. The zero-order chi connectivity index (χ0) is 18.0. The molecule has 3 rings (SSSR count). The lowest BCUT2D eigenvalue weighted by atomic mass is 10.2. The normalized spacial score (nSPS) is 20.4. The van der Waals surface area contributed by atoms with E-state index in [4.69, 9.17) is 9.84 Å². The van der Waals surface area contributed by atoms with Crippen molar-refractivity contribution in [3.8, 4) is 0 Å². The molecule has 25 heavy (non-hydrogen) atoms. The van der Waals surface area contributed by atoms with Crippen LogP contribution in [0.25, 0.3) is 10.9 Å². The Balaban J connectivity index is 1.59. The van der Waals surface area contributed by atoms with Crippen LogP contribution in [0.4, 0.5) is 0 Å². The number of aromatic nitrogens is 1. The molecule has 2 atom stereocenters. The van der Waals surface area contributed by atoms with E-state index in [0.717, 1.165) is 10.9 Å². The third kappa shape index (κ3) is 3.80. The number of para-hydroxylation sites is 1. The lowest BCUT2D eigenvalue weighted by molar-refractivity contribution is -0.166. The van der Waals surface area contributed by atoms with Gasteiger partial charge in [0.25, 0.3) is 5.91 Å². The average Bonchev–Trinajstić information content (AvgIpc) is 3.03. The van der Waals surface area contributed by atoms with Crippen LogP contribution >= 0.6 is 0 Å². The number of rotatable bonds is 4. The number of carboxylic acid groups (broad SMARTS) is 1. The summed E-state index contributed by atoms with van der Waals surface area (Å²) in [5, 5.41) is 12.5. The van der Waals surface area contributed by atoms with Crippen LogP contribution in [0.5, 0.6) is 0 Å². The van der Waals surface area contributed by atoms with Gasteiger partial charge in [0.1, 0.15) is 5.69 Å². The van der Waals surface area contributed by atoms with Gasteiger partial charge in [0.15, 0.2) is 6.10 Å². The molecule has 1 saturated heterocycles. The van der Waals surface area contributed by atoms with Gasteiger partial charge in [-0.15, -0.1) is 0 Å². The molecule has 3 N–H and O–H groups in total. The molecule has 1 aromatic heterocycles. The third-order valence-corrected chi connectivity index (χ3v) is 4.06. The fraction of sp³-hybridized carbons (Fsp3) is 0.353. The van der Waals surface area contributed by atoms with E-state index in [0.29, 0.717) is 12.2 Å². The zero-order valence-corrected chi connectivity index (χ0v) is 13.7. The van der Waals surface area contributed by atoms with Crippen LogP contribution in [0.3, 0.4) is 0 Å². The molecule has 0 spiro atoms. The summed E-state index contributed by atoms with van der Waals surface area (Å²) in [5.74, 6) is -1.84. The number of nitrogens with one attached hydrogen (secondary N) is 2. The van der Waals surface area contributed by atoms with Gasteiger partial charge in [0, 0.05) is 17.4 Å². The highest BCUT2D eigenvalue weighted by Gasteiger charge is 2.32. The van der Waals surface area contributed by atoms with Crippen molar-refractivity contribution >= 4 is 28.7 Å². The van der Waals surface area contributed by atoms with Gasteiger partial charge in [-0.3, -0.25) is 9.59 Å². The number of carbonyl (C=O) groups excluding carboxylic acids is 2. The Bertz CT molecular complexity index is 782. The molecular formula is C17H19N3O5. The first-order chi connectivity index (χ1) is 11.9. The molecule has 132 valence electrons. The van der Waals surface area contributed by atoms with Crippen molar-refractivity contribution in [1.29, 1.82) is 0 Å². The van der Waals surface area contributed by atoms with Gasteiger partial charge in [-0.2, -0.15) is 0 Å². The Morgan fingerprint density at radius 3 is 2.80 bits per heavy atom. The number of aliphatic carboxylic acids is 1. The molecule has 1 fully saturated rings. The van der Waals surface area contributed by atoms with Crippen LogP contribution in [-0.4, -0.2) is 64.6 Å². The lowest BCUT2D eigenvalue weighted by Crippen LogP contribution is -2.53. The van der Waals surface area contributed by atoms with Gasteiger partial charge < -0.3 is 25.0 Å². The molecule has 8 heteroatoms. The number of fused-ring (bicyclic) bond motifs is 1. The summed E-state index contributed by atoms with van der Waals surface area (Å²) < 4.78 is 5.27. The van der Waals surface area contributed by atoms with E-state index in [-0.39, 0.29) is 31.0 Å². The minimum atomic E-state index is -1.11. The van der Waals surface area contributed by atoms with Gasteiger partial charge in [0.05, 0.1) is 19.2 Å². The number of amides is 2. The predicted molar refractivity (Wildman–Crippen MR) is 89.2 cm³/mol. The molecule has 2 heterocycles. The van der Waals surface area contributed by atoms with Crippen molar-refractivity contribution < 1.29 is 24.2 Å². The lowest BCUT2D eigenvalue weighted by Gasteiger charge is -2.34. The van der Waals surface area contributed by atoms with Crippen LogP contribution in [0.15, 0.2) is 30.3 Å². The number of aromatic amines is 1. The second kappa shape index (κ2) is 6.94. The van der Waals surface area contributed by atoms with Crippen molar-refractivity contribution in [3.05, 3.63) is 36.0 Å². The van der Waals surface area contributed by atoms with Crippen LogP contribution in [0.2, 0.25) is 0 Å². The maximum atomic E-state index is 12.3. The molecule has 0 radical (unpaired) electrons. The second-order valence-electron chi connectivity index (χ2n) is 6.03. The van der Waals surface area contributed by atoms with E-state index in [9.17, 15) is 14.4 Å². The Morgan fingerprint density at radius 1 is 1.32 bits per heavy atom. The van der Waals surface area contributed by atoms with Gasteiger partial charge >= 0.3 is 5.97 Å². The standard InChI is InChI=1S/C17H19N3O5/c1-10-8-20(9-14(25-10)17(23)24)15(21)7-18-16(22)13-6-11-4-2-3-5-12(11)19-13/h2-6,10,14,19H,7-9H2,1H3,(H,18,22)(H,23,24)/t10-,14?/m1/s1.